The van der Waals surface area contributed by atoms with Crippen LogP contribution in [0.4, 0.5) is 0 Å². The summed E-state index contributed by atoms with van der Waals surface area (Å²) in [5.74, 6) is 1.28. The van der Waals surface area contributed by atoms with E-state index in [4.69, 9.17) is 0 Å². The van der Waals surface area contributed by atoms with Gasteiger partial charge in [-0.1, -0.05) is 74.5 Å². The van der Waals surface area contributed by atoms with E-state index in [-0.39, 0.29) is 0 Å². The monoisotopic (exact) mass is 279 g/mol. The van der Waals surface area contributed by atoms with Gasteiger partial charge in [0.15, 0.2) is 0 Å². The third kappa shape index (κ3) is 2.51. The van der Waals surface area contributed by atoms with Crippen molar-refractivity contribution in [2.24, 2.45) is 11.3 Å². The Bertz CT molecular complexity index is 573. The Hall–Kier alpha value is -1.60. The molecule has 0 saturated heterocycles. The van der Waals surface area contributed by atoms with Crippen LogP contribution >= 0.6 is 0 Å². The highest BCUT2D eigenvalue weighted by molar-refractivity contribution is 5.31. The Morgan fingerprint density at radius 3 is 2.05 bits per heavy atom. The van der Waals surface area contributed by atoms with Crippen molar-refractivity contribution in [3.63, 3.8) is 0 Å². The first-order chi connectivity index (χ1) is 10.1. The zero-order valence-corrected chi connectivity index (χ0v) is 13.2. The molecule has 1 nitrogen and oxygen atoms in total. The second kappa shape index (κ2) is 5.65. The van der Waals surface area contributed by atoms with Gasteiger partial charge in [-0.15, -0.1) is 0 Å². The van der Waals surface area contributed by atoms with Crippen LogP contribution in [-0.4, -0.2) is 13.1 Å². The summed E-state index contributed by atoms with van der Waals surface area (Å²) in [4.78, 5) is 0. The molecule has 1 aliphatic carbocycles. The van der Waals surface area contributed by atoms with Gasteiger partial charge in [-0.25, -0.2) is 0 Å². The summed E-state index contributed by atoms with van der Waals surface area (Å²) < 4.78 is 0. The molecular formula is C20H25N. The van der Waals surface area contributed by atoms with Crippen LogP contribution in [0, 0.1) is 11.3 Å². The highest BCUT2D eigenvalue weighted by Crippen LogP contribution is 2.57. The van der Waals surface area contributed by atoms with Crippen molar-refractivity contribution in [1.82, 2.24) is 5.32 Å². The SMILES string of the molecule is CNC1C(Cc2ccccc2)C(c2ccccc2)C1(C)C. The molecule has 1 N–H and O–H groups in total. The molecule has 2 aromatic rings. The largest absolute Gasteiger partial charge is 0.316 e. The van der Waals surface area contributed by atoms with Gasteiger partial charge in [0.2, 0.25) is 0 Å². The minimum atomic E-state index is 0.301. The van der Waals surface area contributed by atoms with Gasteiger partial charge in [-0.3, -0.25) is 0 Å². The first-order valence-corrected chi connectivity index (χ1v) is 7.90. The first-order valence-electron chi connectivity index (χ1n) is 7.90. The zero-order chi connectivity index (χ0) is 14.9. The second-order valence-electron chi connectivity index (χ2n) is 6.83. The maximum Gasteiger partial charge on any atom is 0.0159 e. The minimum Gasteiger partial charge on any atom is -0.316 e. The summed E-state index contributed by atoms with van der Waals surface area (Å²) in [5.41, 5.74) is 3.23. The van der Waals surface area contributed by atoms with Crippen molar-refractivity contribution in [3.05, 3.63) is 71.8 Å². The second-order valence-corrected chi connectivity index (χ2v) is 6.83. The summed E-state index contributed by atoms with van der Waals surface area (Å²) in [6, 6.07) is 22.5. The molecule has 1 aliphatic rings. The van der Waals surface area contributed by atoms with Crippen molar-refractivity contribution in [3.8, 4) is 0 Å². The van der Waals surface area contributed by atoms with Crippen LogP contribution in [0.25, 0.3) is 0 Å². The number of nitrogens with one attached hydrogen (secondary N) is 1. The number of hydrogen-bond donors (Lipinski definition) is 1. The van der Waals surface area contributed by atoms with E-state index >= 15 is 0 Å². The molecule has 1 fully saturated rings. The molecule has 110 valence electrons. The lowest BCUT2D eigenvalue weighted by Gasteiger charge is -2.59. The average molecular weight is 279 g/mol. The quantitative estimate of drug-likeness (QED) is 0.882. The van der Waals surface area contributed by atoms with Gasteiger partial charge in [0.05, 0.1) is 0 Å². The topological polar surface area (TPSA) is 12.0 Å². The van der Waals surface area contributed by atoms with Crippen LogP contribution < -0.4 is 5.32 Å². The molecule has 0 amide bonds. The van der Waals surface area contributed by atoms with Crippen LogP contribution in [0.5, 0.6) is 0 Å². The van der Waals surface area contributed by atoms with E-state index < -0.39 is 0 Å². The molecule has 0 aliphatic heterocycles. The van der Waals surface area contributed by atoms with Gasteiger partial charge in [0.25, 0.3) is 0 Å². The molecule has 3 rings (SSSR count). The number of benzene rings is 2. The van der Waals surface area contributed by atoms with E-state index in [1.54, 1.807) is 0 Å². The highest BCUT2D eigenvalue weighted by atomic mass is 14.9. The van der Waals surface area contributed by atoms with E-state index in [9.17, 15) is 0 Å². The molecule has 1 saturated carbocycles. The maximum atomic E-state index is 3.56. The van der Waals surface area contributed by atoms with Crippen LogP contribution in [0.3, 0.4) is 0 Å². The fraction of sp³-hybridized carbons (Fsp3) is 0.400. The average Bonchev–Trinajstić information content (AvgIpc) is 2.49. The Morgan fingerprint density at radius 2 is 1.48 bits per heavy atom. The third-order valence-corrected chi connectivity index (χ3v) is 5.24. The van der Waals surface area contributed by atoms with Crippen molar-refractivity contribution < 1.29 is 0 Å². The van der Waals surface area contributed by atoms with Gasteiger partial charge in [-0.2, -0.15) is 0 Å². The number of rotatable bonds is 4. The zero-order valence-electron chi connectivity index (χ0n) is 13.2. The van der Waals surface area contributed by atoms with E-state index in [2.05, 4.69) is 86.9 Å². The molecule has 21 heavy (non-hydrogen) atoms. The normalized spacial score (nSPS) is 27.1. The Morgan fingerprint density at radius 1 is 0.905 bits per heavy atom. The van der Waals surface area contributed by atoms with E-state index in [1.807, 2.05) is 0 Å². The number of hydrogen-bond acceptors (Lipinski definition) is 1. The van der Waals surface area contributed by atoms with Crippen molar-refractivity contribution >= 4 is 0 Å². The summed E-state index contributed by atoms with van der Waals surface area (Å²) >= 11 is 0. The van der Waals surface area contributed by atoms with Crippen LogP contribution in [-0.2, 0) is 6.42 Å². The van der Waals surface area contributed by atoms with Gasteiger partial charge < -0.3 is 5.32 Å². The van der Waals surface area contributed by atoms with Gasteiger partial charge in [-0.05, 0) is 41.8 Å². The summed E-state index contributed by atoms with van der Waals surface area (Å²) in [5, 5.41) is 3.56. The van der Waals surface area contributed by atoms with Gasteiger partial charge in [0.1, 0.15) is 0 Å². The fourth-order valence-corrected chi connectivity index (χ4v) is 4.42. The Balaban J connectivity index is 1.89. The third-order valence-electron chi connectivity index (χ3n) is 5.24. The van der Waals surface area contributed by atoms with Gasteiger partial charge >= 0.3 is 0 Å². The highest BCUT2D eigenvalue weighted by Gasteiger charge is 2.55. The molecule has 0 bridgehead atoms. The molecule has 3 unspecified atom stereocenters. The van der Waals surface area contributed by atoms with Crippen LogP contribution in [0.15, 0.2) is 60.7 Å². The molecule has 3 atom stereocenters. The Labute approximate surface area is 128 Å². The summed E-state index contributed by atoms with van der Waals surface area (Å²) in [6.07, 6.45) is 1.15. The lowest BCUT2D eigenvalue weighted by atomic mass is 9.48. The lowest BCUT2D eigenvalue weighted by molar-refractivity contribution is -0.00595. The predicted molar refractivity (Wildman–Crippen MR) is 89.4 cm³/mol. The first kappa shape index (κ1) is 14.3. The predicted octanol–water partition coefficient (Wildman–Crippen LogP) is 4.26. The maximum absolute atomic E-state index is 3.56. The summed E-state index contributed by atoms with van der Waals surface area (Å²) in [6.45, 7) is 4.79. The molecular weight excluding hydrogens is 254 g/mol. The lowest BCUT2D eigenvalue weighted by Crippen LogP contribution is -2.62. The van der Waals surface area contributed by atoms with Crippen LogP contribution in [0.1, 0.15) is 30.9 Å². The summed E-state index contributed by atoms with van der Waals surface area (Å²) in [7, 11) is 2.10. The molecule has 0 spiro atoms. The van der Waals surface area contributed by atoms with Crippen molar-refractivity contribution in [1.29, 1.82) is 0 Å². The van der Waals surface area contributed by atoms with E-state index in [1.165, 1.54) is 11.1 Å². The Kier molecular flexibility index (Phi) is 3.86. The smallest absolute Gasteiger partial charge is 0.0159 e. The van der Waals surface area contributed by atoms with Crippen LogP contribution in [0.2, 0.25) is 0 Å². The van der Waals surface area contributed by atoms with Crippen molar-refractivity contribution in [2.75, 3.05) is 7.05 Å². The van der Waals surface area contributed by atoms with E-state index in [0.717, 1.165) is 6.42 Å². The standard InChI is InChI=1S/C20H25N/c1-20(2)18(16-12-8-5-9-13-16)17(19(20)21-3)14-15-10-6-4-7-11-15/h4-13,17-19,21H,14H2,1-3H3. The fourth-order valence-electron chi connectivity index (χ4n) is 4.42. The van der Waals surface area contributed by atoms with E-state index in [0.29, 0.717) is 23.3 Å². The molecule has 2 aromatic carbocycles. The molecule has 0 aromatic heterocycles. The molecule has 1 heteroatoms. The molecule has 0 heterocycles. The van der Waals surface area contributed by atoms with Gasteiger partial charge in [0, 0.05) is 6.04 Å². The molecule has 0 radical (unpaired) electrons. The minimum absolute atomic E-state index is 0.301. The van der Waals surface area contributed by atoms with Crippen molar-refractivity contribution in [2.45, 2.75) is 32.2 Å².